The number of thiocarbonyl (C=S) groups is 1. The fourth-order valence-electron chi connectivity index (χ4n) is 1.10. The molecule has 0 saturated heterocycles. The van der Waals surface area contributed by atoms with E-state index < -0.39 is 0 Å². The fourth-order valence-corrected chi connectivity index (χ4v) is 2.36. The van der Waals surface area contributed by atoms with Crippen LogP contribution in [0.3, 0.4) is 0 Å². The van der Waals surface area contributed by atoms with Gasteiger partial charge in [-0.2, -0.15) is 5.16 Å². The zero-order chi connectivity index (χ0) is 14.8. The van der Waals surface area contributed by atoms with Crippen LogP contribution < -0.4 is 5.11 Å². The van der Waals surface area contributed by atoms with Gasteiger partial charge >= 0.3 is 16.5 Å². The Hall–Kier alpha value is -0.0965. The van der Waals surface area contributed by atoms with E-state index in [1.165, 1.54) is 5.16 Å². The van der Waals surface area contributed by atoms with Gasteiger partial charge in [0.2, 0.25) is 0 Å². The van der Waals surface area contributed by atoms with Crippen molar-refractivity contribution in [3.05, 3.63) is 32.1 Å². The van der Waals surface area contributed by atoms with Crippen molar-refractivity contribution in [2.75, 3.05) is 27.2 Å². The van der Waals surface area contributed by atoms with E-state index in [9.17, 15) is 5.11 Å². The third-order valence-corrected chi connectivity index (χ3v) is 2.99. The molecule has 0 atom stereocenters. The molecular weight excluding hydrogens is 453 g/mol. The summed E-state index contributed by atoms with van der Waals surface area (Å²) in [6.07, 6.45) is 1.63. The molecule has 0 heterocycles. The molecule has 0 aromatic heterocycles. The second-order valence-corrected chi connectivity index (χ2v) is 5.69. The van der Waals surface area contributed by atoms with Crippen LogP contribution >= 0.6 is 44.1 Å². The van der Waals surface area contributed by atoms with Crippen molar-refractivity contribution in [1.29, 1.82) is 0 Å². The van der Waals surface area contributed by atoms with E-state index in [-0.39, 0.29) is 22.2 Å². The average molecular weight is 466 g/mol. The molecule has 0 saturated carbocycles. The van der Waals surface area contributed by atoms with E-state index in [0.717, 1.165) is 11.0 Å². The summed E-state index contributed by atoms with van der Waals surface area (Å²) in [4.78, 5) is 6.26. The molecular formula is C12H13Br2N3NiOS+. The number of nitrogens with zero attached hydrogens (tertiary/aromatic N) is 3. The second-order valence-electron chi connectivity index (χ2n) is 3.74. The maximum absolute atomic E-state index is 11.7. The SMILES string of the molecule is CN(C)CCN=Cc1cc(Br)cc(Br)c1[O-].[N-]=C=S.[Ni+3]. The van der Waals surface area contributed by atoms with Crippen LogP contribution in [0.25, 0.3) is 5.41 Å². The van der Waals surface area contributed by atoms with Crippen LogP contribution in [0.15, 0.2) is 26.1 Å². The summed E-state index contributed by atoms with van der Waals surface area (Å²) in [5.74, 6) is -0.0307. The molecule has 0 unspecified atom stereocenters. The average Bonchev–Trinajstić information content (AvgIpc) is 2.31. The Labute approximate surface area is 151 Å². The first-order valence-electron chi connectivity index (χ1n) is 5.24. The predicted octanol–water partition coefficient (Wildman–Crippen LogP) is 2.92. The van der Waals surface area contributed by atoms with E-state index in [0.29, 0.717) is 16.6 Å². The normalized spacial score (nSPS) is 9.65. The number of aliphatic imine (C=N–C) groups is 1. The molecule has 1 aromatic rings. The molecule has 0 aliphatic heterocycles. The van der Waals surface area contributed by atoms with Gasteiger partial charge in [-0.1, -0.05) is 49.8 Å². The van der Waals surface area contributed by atoms with Crippen molar-refractivity contribution in [1.82, 2.24) is 4.90 Å². The molecule has 8 heteroatoms. The first-order valence-corrected chi connectivity index (χ1v) is 7.23. The number of hydrogen-bond acceptors (Lipinski definition) is 4. The molecule has 0 spiro atoms. The molecule has 1 rings (SSSR count). The largest absolute Gasteiger partial charge is 3.00 e. The fraction of sp³-hybridized carbons (Fsp3) is 0.333. The monoisotopic (exact) mass is 463 g/mol. The summed E-state index contributed by atoms with van der Waals surface area (Å²) in [7, 11) is 3.98. The van der Waals surface area contributed by atoms with E-state index in [2.05, 4.69) is 49.1 Å². The van der Waals surface area contributed by atoms with Gasteiger partial charge in [-0.15, -0.1) is 0 Å². The van der Waals surface area contributed by atoms with Gasteiger partial charge in [-0.25, -0.2) is 0 Å². The predicted molar refractivity (Wildman–Crippen MR) is 88.3 cm³/mol. The number of likely N-dealkylation sites (N-methyl/N-ethyl adjacent to an activating group) is 1. The van der Waals surface area contributed by atoms with Crippen LogP contribution in [-0.4, -0.2) is 43.5 Å². The van der Waals surface area contributed by atoms with Gasteiger partial charge in [0.1, 0.15) is 0 Å². The number of benzene rings is 1. The Bertz CT molecular complexity index is 478. The second kappa shape index (κ2) is 12.6. The Balaban J connectivity index is 0. The molecule has 4 nitrogen and oxygen atoms in total. The molecule has 1 radical (unpaired) electrons. The van der Waals surface area contributed by atoms with Crippen molar-refractivity contribution in [2.24, 2.45) is 4.99 Å². The maximum atomic E-state index is 11.7. The zero-order valence-corrected chi connectivity index (χ0v) is 15.9. The minimum absolute atomic E-state index is 0. The van der Waals surface area contributed by atoms with Crippen molar-refractivity contribution in [3.8, 4) is 5.75 Å². The molecule has 0 amide bonds. The quantitative estimate of drug-likeness (QED) is 0.390. The van der Waals surface area contributed by atoms with Crippen LogP contribution in [0.1, 0.15) is 5.56 Å². The Morgan fingerprint density at radius 3 is 2.50 bits per heavy atom. The number of isothiocyanates is 1. The van der Waals surface area contributed by atoms with Crippen LogP contribution in [0.2, 0.25) is 0 Å². The topological polar surface area (TPSA) is 61.0 Å². The van der Waals surface area contributed by atoms with Crippen LogP contribution in [0.4, 0.5) is 0 Å². The smallest absolute Gasteiger partial charge is 0.871 e. The molecule has 0 aliphatic carbocycles. The van der Waals surface area contributed by atoms with E-state index in [1.807, 2.05) is 19.0 Å². The Kier molecular flexibility index (Phi) is 14.0. The Morgan fingerprint density at radius 1 is 1.45 bits per heavy atom. The summed E-state index contributed by atoms with van der Waals surface area (Å²) in [6, 6.07) is 3.51. The molecule has 0 fully saturated rings. The van der Waals surface area contributed by atoms with E-state index >= 15 is 0 Å². The van der Waals surface area contributed by atoms with Gasteiger partial charge in [0.05, 0.1) is 6.54 Å². The number of rotatable bonds is 4. The van der Waals surface area contributed by atoms with Gasteiger partial charge in [-0.05, 0) is 31.8 Å². The summed E-state index contributed by atoms with van der Waals surface area (Å²) in [5, 5.41) is 20.1. The van der Waals surface area contributed by atoms with Crippen molar-refractivity contribution >= 4 is 55.5 Å². The molecule has 1 aromatic carbocycles. The van der Waals surface area contributed by atoms with Crippen LogP contribution in [0.5, 0.6) is 5.75 Å². The van der Waals surface area contributed by atoms with Gasteiger partial charge in [0.25, 0.3) is 0 Å². The summed E-state index contributed by atoms with van der Waals surface area (Å²) in [5.41, 5.74) is 0.597. The number of hydrogen-bond donors (Lipinski definition) is 0. The first-order chi connectivity index (χ1) is 8.92. The minimum Gasteiger partial charge on any atom is -0.871 e. The molecule has 20 heavy (non-hydrogen) atoms. The zero-order valence-electron chi connectivity index (χ0n) is 10.9. The van der Waals surface area contributed by atoms with Gasteiger partial charge in [-0.3, -0.25) is 4.99 Å². The Morgan fingerprint density at radius 2 is 2.00 bits per heavy atom. The van der Waals surface area contributed by atoms with Crippen LogP contribution in [0, 0.1) is 0 Å². The third-order valence-electron chi connectivity index (χ3n) is 1.94. The van der Waals surface area contributed by atoms with Crippen molar-refractivity contribution in [3.63, 3.8) is 0 Å². The van der Waals surface area contributed by atoms with Crippen molar-refractivity contribution in [2.45, 2.75) is 0 Å². The third kappa shape index (κ3) is 9.75. The summed E-state index contributed by atoms with van der Waals surface area (Å²) < 4.78 is 1.42. The molecule has 0 bridgehead atoms. The summed E-state index contributed by atoms with van der Waals surface area (Å²) >= 11 is 10.3. The summed E-state index contributed by atoms with van der Waals surface area (Å²) in [6.45, 7) is 1.57. The molecule has 0 N–H and O–H groups in total. The van der Waals surface area contributed by atoms with Crippen molar-refractivity contribution < 1.29 is 21.6 Å². The van der Waals surface area contributed by atoms with Gasteiger partial charge in [0, 0.05) is 21.7 Å². The minimum atomic E-state index is -0.0307. The standard InChI is InChI=1S/C11H14Br2N2O.CNS.Ni/c1-15(2)4-3-14-7-8-5-9(12)6-10(13)11(8)16;2-1-3;/h5-7,16H,3-4H2,1-2H3;;/q;-1;+3/p-1. The van der Waals surface area contributed by atoms with Gasteiger partial charge < -0.3 is 15.4 Å². The maximum Gasteiger partial charge on any atom is 3.00 e. The van der Waals surface area contributed by atoms with E-state index in [1.54, 1.807) is 18.3 Å². The molecule has 111 valence electrons. The van der Waals surface area contributed by atoms with E-state index in [4.69, 9.17) is 5.41 Å². The van der Waals surface area contributed by atoms with Crippen LogP contribution in [-0.2, 0) is 16.5 Å². The van der Waals surface area contributed by atoms with Gasteiger partial charge in [0.15, 0.2) is 0 Å². The molecule has 0 aliphatic rings. The first kappa shape index (κ1) is 22.2. The number of halogens is 2.